The molecule has 2 rings (SSSR count). The molecule has 0 unspecified atom stereocenters. The first-order chi connectivity index (χ1) is 12.8. The summed E-state index contributed by atoms with van der Waals surface area (Å²) in [5, 5.41) is 2.62. The number of nitrogens with one attached hydrogen (secondary N) is 1. The predicted octanol–water partition coefficient (Wildman–Crippen LogP) is 3.15. The highest BCUT2D eigenvalue weighted by Gasteiger charge is 2.26. The van der Waals surface area contributed by atoms with E-state index in [0.29, 0.717) is 12.3 Å². The summed E-state index contributed by atoms with van der Waals surface area (Å²) in [5.74, 6) is 0.246. The molecule has 0 fully saturated rings. The van der Waals surface area contributed by atoms with Crippen molar-refractivity contribution in [1.82, 2.24) is 10.2 Å². The molecule has 2 aromatic carbocycles. The summed E-state index contributed by atoms with van der Waals surface area (Å²) < 4.78 is 5.74. The minimum Gasteiger partial charge on any atom is -0.483 e. The molecule has 0 bridgehead atoms. The van der Waals surface area contributed by atoms with E-state index in [4.69, 9.17) is 4.74 Å². The standard InChI is InChI=1S/C22H28N2O3/c1-15-10-11-20(17(3)12-15)27-14-21(25)24(18(4)22(26)23-5)13-19-9-7-6-8-16(19)2/h6-12,18H,13-14H2,1-5H3,(H,23,26)/t18-/m1/s1. The Morgan fingerprint density at radius 2 is 1.78 bits per heavy atom. The van der Waals surface area contributed by atoms with Crippen LogP contribution in [-0.2, 0) is 16.1 Å². The van der Waals surface area contributed by atoms with Crippen LogP contribution in [0.25, 0.3) is 0 Å². The van der Waals surface area contributed by atoms with Crippen LogP contribution >= 0.6 is 0 Å². The quantitative estimate of drug-likeness (QED) is 0.817. The van der Waals surface area contributed by atoms with E-state index >= 15 is 0 Å². The first-order valence-electron chi connectivity index (χ1n) is 9.09. The molecule has 144 valence electrons. The van der Waals surface area contributed by atoms with Gasteiger partial charge in [-0.3, -0.25) is 9.59 Å². The summed E-state index contributed by atoms with van der Waals surface area (Å²) in [6.07, 6.45) is 0. The number of carbonyl (C=O) groups is 2. The van der Waals surface area contributed by atoms with Gasteiger partial charge in [-0.1, -0.05) is 42.0 Å². The van der Waals surface area contributed by atoms with Gasteiger partial charge in [-0.05, 0) is 50.5 Å². The largest absolute Gasteiger partial charge is 0.483 e. The lowest BCUT2D eigenvalue weighted by Gasteiger charge is -2.29. The molecule has 1 atom stereocenters. The molecule has 0 spiro atoms. The maximum Gasteiger partial charge on any atom is 0.261 e. The molecule has 0 saturated carbocycles. The molecule has 27 heavy (non-hydrogen) atoms. The minimum absolute atomic E-state index is 0.114. The Morgan fingerprint density at radius 1 is 1.07 bits per heavy atom. The first kappa shape index (κ1) is 20.5. The van der Waals surface area contributed by atoms with Crippen LogP contribution in [0.5, 0.6) is 5.75 Å². The van der Waals surface area contributed by atoms with E-state index in [9.17, 15) is 9.59 Å². The number of hydrogen-bond donors (Lipinski definition) is 1. The normalized spacial score (nSPS) is 11.6. The molecular weight excluding hydrogens is 340 g/mol. The van der Waals surface area contributed by atoms with Crippen LogP contribution in [-0.4, -0.2) is 36.4 Å². The molecule has 0 aliphatic carbocycles. The fourth-order valence-corrected chi connectivity index (χ4v) is 2.95. The molecule has 0 heterocycles. The maximum absolute atomic E-state index is 12.9. The maximum atomic E-state index is 12.9. The van der Waals surface area contributed by atoms with Crippen molar-refractivity contribution in [1.29, 1.82) is 0 Å². The molecule has 5 nitrogen and oxygen atoms in total. The summed E-state index contributed by atoms with van der Waals surface area (Å²) in [7, 11) is 1.57. The zero-order valence-electron chi connectivity index (χ0n) is 16.7. The number of hydrogen-bond acceptors (Lipinski definition) is 3. The molecule has 0 saturated heterocycles. The number of benzene rings is 2. The van der Waals surface area contributed by atoms with Crippen LogP contribution in [0.1, 0.15) is 29.2 Å². The van der Waals surface area contributed by atoms with Gasteiger partial charge >= 0.3 is 0 Å². The van der Waals surface area contributed by atoms with Gasteiger partial charge in [-0.25, -0.2) is 0 Å². The predicted molar refractivity (Wildman–Crippen MR) is 107 cm³/mol. The van der Waals surface area contributed by atoms with E-state index in [2.05, 4.69) is 5.32 Å². The summed E-state index contributed by atoms with van der Waals surface area (Å²) in [6, 6.07) is 13.1. The van der Waals surface area contributed by atoms with Crippen LogP contribution in [0, 0.1) is 20.8 Å². The highest BCUT2D eigenvalue weighted by atomic mass is 16.5. The highest BCUT2D eigenvalue weighted by Crippen LogP contribution is 2.19. The van der Waals surface area contributed by atoms with Gasteiger partial charge in [0.25, 0.3) is 5.91 Å². The summed E-state index contributed by atoms with van der Waals surface area (Å²) >= 11 is 0. The van der Waals surface area contributed by atoms with Gasteiger partial charge in [0.05, 0.1) is 0 Å². The monoisotopic (exact) mass is 368 g/mol. The van der Waals surface area contributed by atoms with Gasteiger partial charge in [0, 0.05) is 13.6 Å². The lowest BCUT2D eigenvalue weighted by molar-refractivity contribution is -0.142. The Balaban J connectivity index is 2.17. The first-order valence-corrected chi connectivity index (χ1v) is 9.09. The Hall–Kier alpha value is -2.82. The lowest BCUT2D eigenvalue weighted by atomic mass is 10.1. The third-order valence-corrected chi connectivity index (χ3v) is 4.70. The van der Waals surface area contributed by atoms with Crippen LogP contribution in [0.15, 0.2) is 42.5 Å². The van der Waals surface area contributed by atoms with Crippen molar-refractivity contribution in [2.24, 2.45) is 0 Å². The average Bonchev–Trinajstić information content (AvgIpc) is 2.65. The van der Waals surface area contributed by atoms with E-state index in [0.717, 1.165) is 22.3 Å². The number of amides is 2. The third-order valence-electron chi connectivity index (χ3n) is 4.70. The highest BCUT2D eigenvalue weighted by molar-refractivity contribution is 5.87. The van der Waals surface area contributed by atoms with Crippen molar-refractivity contribution in [2.75, 3.05) is 13.7 Å². The molecule has 0 aliphatic heterocycles. The van der Waals surface area contributed by atoms with E-state index in [1.807, 2.05) is 63.2 Å². The van der Waals surface area contributed by atoms with Crippen molar-refractivity contribution in [3.8, 4) is 5.75 Å². The van der Waals surface area contributed by atoms with Crippen LogP contribution in [0.4, 0.5) is 0 Å². The number of nitrogens with zero attached hydrogens (tertiary/aromatic N) is 1. The van der Waals surface area contributed by atoms with Crippen molar-refractivity contribution >= 4 is 11.8 Å². The van der Waals surface area contributed by atoms with Gasteiger partial charge in [-0.2, -0.15) is 0 Å². The number of ether oxygens (including phenoxy) is 1. The topological polar surface area (TPSA) is 58.6 Å². The van der Waals surface area contributed by atoms with Gasteiger partial charge in [0.15, 0.2) is 6.61 Å². The molecule has 5 heteroatoms. The number of rotatable bonds is 7. The smallest absolute Gasteiger partial charge is 0.261 e. The molecule has 1 N–H and O–H groups in total. The Bertz CT molecular complexity index is 817. The second kappa shape index (κ2) is 9.21. The van der Waals surface area contributed by atoms with Crippen molar-refractivity contribution in [3.63, 3.8) is 0 Å². The van der Waals surface area contributed by atoms with Crippen LogP contribution < -0.4 is 10.1 Å². The molecular formula is C22H28N2O3. The van der Waals surface area contributed by atoms with E-state index in [1.54, 1.807) is 18.9 Å². The van der Waals surface area contributed by atoms with Gasteiger partial charge in [0.1, 0.15) is 11.8 Å². The molecule has 0 aromatic heterocycles. The Morgan fingerprint density at radius 3 is 2.41 bits per heavy atom. The molecule has 2 amide bonds. The zero-order valence-corrected chi connectivity index (χ0v) is 16.7. The average molecular weight is 368 g/mol. The number of aryl methyl sites for hydroxylation is 3. The second-order valence-electron chi connectivity index (χ2n) is 6.80. The Kier molecular flexibility index (Phi) is 6.99. The van der Waals surface area contributed by atoms with Crippen LogP contribution in [0.3, 0.4) is 0 Å². The van der Waals surface area contributed by atoms with Crippen molar-refractivity contribution in [2.45, 2.75) is 40.3 Å². The fraction of sp³-hybridized carbons (Fsp3) is 0.364. The molecule has 0 radical (unpaired) electrons. The lowest BCUT2D eigenvalue weighted by Crippen LogP contribution is -2.48. The summed E-state index contributed by atoms with van der Waals surface area (Å²) in [6.45, 7) is 7.93. The minimum atomic E-state index is -0.593. The zero-order chi connectivity index (χ0) is 20.0. The fourth-order valence-electron chi connectivity index (χ4n) is 2.95. The van der Waals surface area contributed by atoms with Gasteiger partial charge in [0.2, 0.25) is 5.91 Å². The van der Waals surface area contributed by atoms with Crippen molar-refractivity contribution < 1.29 is 14.3 Å². The van der Waals surface area contributed by atoms with Gasteiger partial charge in [-0.15, -0.1) is 0 Å². The Labute approximate surface area is 161 Å². The van der Waals surface area contributed by atoms with E-state index in [-0.39, 0.29) is 18.4 Å². The van der Waals surface area contributed by atoms with Gasteiger partial charge < -0.3 is 15.0 Å². The van der Waals surface area contributed by atoms with Crippen LogP contribution in [0.2, 0.25) is 0 Å². The summed E-state index contributed by atoms with van der Waals surface area (Å²) in [5.41, 5.74) is 4.20. The second-order valence-corrected chi connectivity index (χ2v) is 6.80. The number of likely N-dealkylation sites (N-methyl/N-ethyl adjacent to an activating group) is 1. The molecule has 0 aliphatic rings. The van der Waals surface area contributed by atoms with E-state index in [1.165, 1.54) is 0 Å². The molecule has 2 aromatic rings. The SMILES string of the molecule is CNC(=O)[C@@H](C)N(Cc1ccccc1C)C(=O)COc1ccc(C)cc1C. The van der Waals surface area contributed by atoms with E-state index < -0.39 is 6.04 Å². The third kappa shape index (κ3) is 5.33. The summed E-state index contributed by atoms with van der Waals surface area (Å²) in [4.78, 5) is 26.6. The van der Waals surface area contributed by atoms with Crippen molar-refractivity contribution in [3.05, 3.63) is 64.7 Å². The number of carbonyl (C=O) groups excluding carboxylic acids is 2.